The van der Waals surface area contributed by atoms with Gasteiger partial charge in [-0.05, 0) is 18.1 Å². The third-order valence-corrected chi connectivity index (χ3v) is 4.07. The first-order chi connectivity index (χ1) is 14.3. The second-order valence-electron chi connectivity index (χ2n) is 6.53. The molecule has 0 fully saturated rings. The molecule has 0 spiro atoms. The van der Waals surface area contributed by atoms with E-state index in [1.165, 1.54) is 12.3 Å². The quantitative estimate of drug-likeness (QED) is 0.510. The summed E-state index contributed by atoms with van der Waals surface area (Å²) in [7, 11) is 0. The van der Waals surface area contributed by atoms with Gasteiger partial charge in [0, 0.05) is 43.2 Å². The van der Waals surface area contributed by atoms with Gasteiger partial charge in [0.2, 0.25) is 11.8 Å². The Labute approximate surface area is 169 Å². The molecule has 0 aliphatic rings. The van der Waals surface area contributed by atoms with Crippen molar-refractivity contribution in [1.29, 1.82) is 0 Å². The Morgan fingerprint density at radius 3 is 2.77 bits per heavy atom. The van der Waals surface area contributed by atoms with Gasteiger partial charge in [-0.25, -0.2) is 4.98 Å². The molecule has 0 radical (unpaired) electrons. The molecular weight excluding hydrogens is 403 g/mol. The van der Waals surface area contributed by atoms with Crippen LogP contribution in [0, 0.1) is 0 Å². The summed E-state index contributed by atoms with van der Waals surface area (Å²) >= 11 is 0. The molecule has 3 aromatic heterocycles. The summed E-state index contributed by atoms with van der Waals surface area (Å²) in [5.74, 6) is -0.310. The Hall–Kier alpha value is -3.21. The molecule has 1 amide bonds. The smallest absolute Gasteiger partial charge is 0.422 e. The zero-order chi connectivity index (χ0) is 21.6. The number of pyridine rings is 2. The molecular formula is C19H20F3N5O3. The van der Waals surface area contributed by atoms with E-state index >= 15 is 0 Å². The van der Waals surface area contributed by atoms with Gasteiger partial charge in [0.05, 0.1) is 24.2 Å². The van der Waals surface area contributed by atoms with E-state index in [9.17, 15) is 18.0 Å². The van der Waals surface area contributed by atoms with E-state index in [0.29, 0.717) is 30.7 Å². The highest BCUT2D eigenvalue weighted by molar-refractivity contribution is 5.86. The monoisotopic (exact) mass is 423 g/mol. The van der Waals surface area contributed by atoms with E-state index in [0.717, 1.165) is 10.9 Å². The van der Waals surface area contributed by atoms with Gasteiger partial charge in [0.1, 0.15) is 0 Å². The maximum atomic E-state index is 12.2. The summed E-state index contributed by atoms with van der Waals surface area (Å²) in [6, 6.07) is 4.71. The molecule has 0 saturated carbocycles. The molecule has 0 aliphatic carbocycles. The molecule has 3 aromatic rings. The summed E-state index contributed by atoms with van der Waals surface area (Å²) < 4.78 is 42.8. The van der Waals surface area contributed by atoms with Crippen molar-refractivity contribution in [3.63, 3.8) is 0 Å². The molecule has 8 nitrogen and oxygen atoms in total. The number of hydrogen-bond donors (Lipinski definition) is 2. The first-order valence-electron chi connectivity index (χ1n) is 9.17. The molecule has 2 N–H and O–H groups in total. The van der Waals surface area contributed by atoms with E-state index in [-0.39, 0.29) is 24.8 Å². The highest BCUT2D eigenvalue weighted by Crippen LogP contribution is 2.19. The maximum Gasteiger partial charge on any atom is 0.422 e. The van der Waals surface area contributed by atoms with Crippen molar-refractivity contribution in [3.05, 3.63) is 48.0 Å². The van der Waals surface area contributed by atoms with Crippen LogP contribution in [0.1, 0.15) is 17.7 Å². The normalized spacial score (nSPS) is 11.6. The molecule has 3 heterocycles. The Kier molecular flexibility index (Phi) is 6.83. The molecule has 160 valence electrons. The van der Waals surface area contributed by atoms with Crippen molar-refractivity contribution in [2.45, 2.75) is 25.6 Å². The van der Waals surface area contributed by atoms with Gasteiger partial charge in [-0.2, -0.15) is 18.3 Å². The number of hydrogen-bond acceptors (Lipinski definition) is 6. The zero-order valence-corrected chi connectivity index (χ0v) is 15.9. The third-order valence-electron chi connectivity index (χ3n) is 4.07. The fourth-order valence-electron chi connectivity index (χ4n) is 2.73. The minimum Gasteiger partial charge on any atom is -0.468 e. The number of amides is 1. The molecule has 30 heavy (non-hydrogen) atoms. The van der Waals surface area contributed by atoms with E-state index in [1.54, 1.807) is 29.2 Å². The largest absolute Gasteiger partial charge is 0.468 e. The number of rotatable bonds is 9. The number of fused-ring (bicyclic) bond motifs is 1. The molecule has 0 bridgehead atoms. The number of aromatic nitrogens is 4. The molecule has 0 aliphatic heterocycles. The van der Waals surface area contributed by atoms with Crippen molar-refractivity contribution in [3.8, 4) is 5.88 Å². The Balaban J connectivity index is 1.66. The number of aliphatic hydroxyl groups is 1. The van der Waals surface area contributed by atoms with Gasteiger partial charge in [0.15, 0.2) is 6.61 Å². The van der Waals surface area contributed by atoms with Crippen LogP contribution in [0.3, 0.4) is 0 Å². The van der Waals surface area contributed by atoms with Gasteiger partial charge < -0.3 is 15.2 Å². The molecule has 3 rings (SSSR count). The van der Waals surface area contributed by atoms with Crippen LogP contribution in [0.15, 0.2) is 36.8 Å². The van der Waals surface area contributed by atoms with Crippen LogP contribution < -0.4 is 10.1 Å². The Morgan fingerprint density at radius 1 is 1.23 bits per heavy atom. The summed E-state index contributed by atoms with van der Waals surface area (Å²) in [5.41, 5.74) is 1.97. The van der Waals surface area contributed by atoms with Crippen molar-refractivity contribution >= 4 is 16.8 Å². The van der Waals surface area contributed by atoms with Crippen molar-refractivity contribution < 1.29 is 27.8 Å². The van der Waals surface area contributed by atoms with E-state index in [1.807, 2.05) is 0 Å². The number of aliphatic hydroxyl groups excluding tert-OH is 1. The number of carbonyl (C=O) groups is 1. The van der Waals surface area contributed by atoms with Gasteiger partial charge in [-0.3, -0.25) is 14.5 Å². The Morgan fingerprint density at radius 2 is 2.07 bits per heavy atom. The fraction of sp³-hybridized carbons (Fsp3) is 0.368. The summed E-state index contributed by atoms with van der Waals surface area (Å²) in [6.45, 7) is -0.665. The molecule has 11 heteroatoms. The van der Waals surface area contributed by atoms with Crippen LogP contribution in [-0.4, -0.2) is 56.7 Å². The highest BCUT2D eigenvalue weighted by atomic mass is 19.4. The lowest BCUT2D eigenvalue weighted by Crippen LogP contribution is -2.26. The summed E-state index contributed by atoms with van der Waals surface area (Å²) in [5, 5.41) is 16.7. The number of nitrogens with zero attached hydrogens (tertiary/aromatic N) is 4. The van der Waals surface area contributed by atoms with Gasteiger partial charge in [-0.15, -0.1) is 0 Å². The van der Waals surface area contributed by atoms with Crippen LogP contribution in [0.5, 0.6) is 5.88 Å². The molecule has 0 unspecified atom stereocenters. The maximum absolute atomic E-state index is 12.2. The molecule has 0 atom stereocenters. The number of nitrogens with one attached hydrogen (secondary N) is 1. The first-order valence-corrected chi connectivity index (χ1v) is 9.17. The van der Waals surface area contributed by atoms with Crippen LogP contribution in [0.4, 0.5) is 13.2 Å². The average molecular weight is 423 g/mol. The number of carbonyl (C=O) groups excluding carboxylic acids is 1. The number of ether oxygens (including phenoxy) is 1. The van der Waals surface area contributed by atoms with Crippen molar-refractivity contribution in [2.24, 2.45) is 0 Å². The predicted molar refractivity (Wildman–Crippen MR) is 101 cm³/mol. The third kappa shape index (κ3) is 6.14. The lowest BCUT2D eigenvalue weighted by molar-refractivity contribution is -0.154. The molecule has 0 aromatic carbocycles. The highest BCUT2D eigenvalue weighted by Gasteiger charge is 2.28. The predicted octanol–water partition coefficient (Wildman–Crippen LogP) is 1.86. The van der Waals surface area contributed by atoms with Crippen LogP contribution in [0.2, 0.25) is 0 Å². The topological polar surface area (TPSA) is 102 Å². The second-order valence-corrected chi connectivity index (χ2v) is 6.53. The standard InChI is InChI=1S/C19H20F3N5O3/c20-19(21,22)12-30-18-3-2-13(9-25-18)10-27-11-14-15(26-27)4-6-23-16(14)8-17(29)24-5-1-7-28/h2-4,6,9,11,28H,1,5,7-8,10,12H2,(H,24,29). The Bertz CT molecular complexity index is 989. The number of halogens is 3. The van der Waals surface area contributed by atoms with Crippen LogP contribution >= 0.6 is 0 Å². The number of alkyl halides is 3. The lowest BCUT2D eigenvalue weighted by atomic mass is 10.2. The van der Waals surface area contributed by atoms with Crippen LogP contribution in [-0.2, 0) is 17.8 Å². The minimum atomic E-state index is -4.42. The van der Waals surface area contributed by atoms with E-state index < -0.39 is 12.8 Å². The second kappa shape index (κ2) is 9.53. The van der Waals surface area contributed by atoms with Crippen LogP contribution in [0.25, 0.3) is 10.9 Å². The van der Waals surface area contributed by atoms with Gasteiger partial charge in [0.25, 0.3) is 0 Å². The zero-order valence-electron chi connectivity index (χ0n) is 15.9. The lowest BCUT2D eigenvalue weighted by Gasteiger charge is -2.08. The fourth-order valence-corrected chi connectivity index (χ4v) is 2.73. The van der Waals surface area contributed by atoms with Gasteiger partial charge in [-0.1, -0.05) is 6.07 Å². The SMILES string of the molecule is O=C(Cc1nccc2nn(Cc3ccc(OCC(F)(F)F)nc3)cc12)NCCCO. The summed E-state index contributed by atoms with van der Waals surface area (Å²) in [6.07, 6.45) is 0.899. The van der Waals surface area contributed by atoms with Crippen molar-refractivity contribution in [1.82, 2.24) is 25.1 Å². The van der Waals surface area contributed by atoms with E-state index in [2.05, 4.69) is 25.1 Å². The first kappa shape index (κ1) is 21.5. The van der Waals surface area contributed by atoms with Crippen molar-refractivity contribution in [2.75, 3.05) is 19.8 Å². The average Bonchev–Trinajstić information content (AvgIpc) is 3.10. The van der Waals surface area contributed by atoms with Gasteiger partial charge >= 0.3 is 6.18 Å². The minimum absolute atomic E-state index is 0.00513. The van der Waals surface area contributed by atoms with E-state index in [4.69, 9.17) is 5.11 Å². The summed E-state index contributed by atoms with van der Waals surface area (Å²) in [4.78, 5) is 20.2. The molecule has 0 saturated heterocycles.